The lowest BCUT2D eigenvalue weighted by Gasteiger charge is -2.32. The zero-order valence-corrected chi connectivity index (χ0v) is 16.6. The summed E-state index contributed by atoms with van der Waals surface area (Å²) in [4.78, 5) is 26.4. The Kier molecular flexibility index (Phi) is 5.28. The third-order valence-corrected chi connectivity index (χ3v) is 5.07. The topological polar surface area (TPSA) is 49.4 Å². The summed E-state index contributed by atoms with van der Waals surface area (Å²) in [7, 11) is 0. The van der Waals surface area contributed by atoms with Gasteiger partial charge < -0.3 is 10.2 Å². The molecule has 1 N–H and O–H groups in total. The van der Waals surface area contributed by atoms with Crippen LogP contribution < -0.4 is 5.32 Å². The number of hydrogen-bond donors (Lipinski definition) is 1. The van der Waals surface area contributed by atoms with Gasteiger partial charge in [0.15, 0.2) is 0 Å². The first-order chi connectivity index (χ1) is 12.4. The van der Waals surface area contributed by atoms with Crippen molar-refractivity contribution in [2.75, 3.05) is 5.32 Å². The molecule has 1 atom stereocenters. The molecule has 0 saturated heterocycles. The van der Waals surface area contributed by atoms with E-state index >= 15 is 0 Å². The van der Waals surface area contributed by atoms with Gasteiger partial charge in [0.1, 0.15) is 0 Å². The summed E-state index contributed by atoms with van der Waals surface area (Å²) in [6.07, 6.45) is 3.88. The van der Waals surface area contributed by atoms with Crippen LogP contribution in [0, 0.1) is 13.8 Å². The van der Waals surface area contributed by atoms with Gasteiger partial charge in [-0.15, -0.1) is 0 Å². The van der Waals surface area contributed by atoms with E-state index in [-0.39, 0.29) is 24.3 Å². The molecule has 2 aromatic carbocycles. The molecule has 0 saturated carbocycles. The zero-order valence-electron chi connectivity index (χ0n) is 15.0. The van der Waals surface area contributed by atoms with Gasteiger partial charge in [0, 0.05) is 23.3 Å². The van der Waals surface area contributed by atoms with Crippen molar-refractivity contribution in [1.82, 2.24) is 4.90 Å². The first-order valence-corrected chi connectivity index (χ1v) is 9.28. The average molecular weight is 413 g/mol. The lowest BCUT2D eigenvalue weighted by molar-refractivity contribution is -0.129. The molecule has 5 heteroatoms. The first-order valence-electron chi connectivity index (χ1n) is 8.49. The number of nitrogens with one attached hydrogen (secondary N) is 1. The van der Waals surface area contributed by atoms with Gasteiger partial charge in [-0.3, -0.25) is 9.59 Å². The second kappa shape index (κ2) is 7.46. The molecule has 3 rings (SSSR count). The lowest BCUT2D eigenvalue weighted by Crippen LogP contribution is -2.33. The molecule has 0 aliphatic carbocycles. The summed E-state index contributed by atoms with van der Waals surface area (Å²) >= 11 is 3.47. The summed E-state index contributed by atoms with van der Waals surface area (Å²) in [6.45, 7) is 5.45. The Labute approximate surface area is 162 Å². The van der Waals surface area contributed by atoms with Crippen molar-refractivity contribution in [3.8, 4) is 0 Å². The number of aryl methyl sites for hydroxylation is 2. The van der Waals surface area contributed by atoms with E-state index in [1.54, 1.807) is 11.1 Å². The molecule has 134 valence electrons. The maximum atomic E-state index is 12.8. The van der Waals surface area contributed by atoms with Crippen LogP contribution in [-0.4, -0.2) is 16.7 Å². The molecule has 2 amide bonds. The smallest absolute Gasteiger partial charge is 0.226 e. The number of hydrogen-bond acceptors (Lipinski definition) is 2. The van der Waals surface area contributed by atoms with Crippen LogP contribution in [0.5, 0.6) is 0 Å². The highest BCUT2D eigenvalue weighted by atomic mass is 79.9. The summed E-state index contributed by atoms with van der Waals surface area (Å²) in [6, 6.07) is 11.5. The number of anilines is 1. The molecule has 2 aromatic rings. The van der Waals surface area contributed by atoms with Crippen LogP contribution in [0.3, 0.4) is 0 Å². The number of nitrogens with zero attached hydrogens (tertiary/aromatic N) is 1. The van der Waals surface area contributed by atoms with E-state index in [0.29, 0.717) is 0 Å². The van der Waals surface area contributed by atoms with Gasteiger partial charge in [0.2, 0.25) is 11.8 Å². The fraction of sp³-hybridized carbons (Fsp3) is 0.238. The molecule has 0 bridgehead atoms. The molecule has 1 aliphatic rings. The predicted octanol–water partition coefficient (Wildman–Crippen LogP) is 4.97. The van der Waals surface area contributed by atoms with E-state index in [0.717, 1.165) is 32.4 Å². The van der Waals surface area contributed by atoms with E-state index in [9.17, 15) is 9.59 Å². The van der Waals surface area contributed by atoms with Gasteiger partial charge in [-0.2, -0.15) is 0 Å². The summed E-state index contributed by atoms with van der Waals surface area (Å²) in [5.74, 6) is -0.190. The zero-order chi connectivity index (χ0) is 18.8. The van der Waals surface area contributed by atoms with Crippen molar-refractivity contribution in [3.05, 3.63) is 69.3 Å². The van der Waals surface area contributed by atoms with E-state index < -0.39 is 0 Å². The third kappa shape index (κ3) is 3.73. The first kappa shape index (κ1) is 18.4. The monoisotopic (exact) mass is 412 g/mol. The highest BCUT2D eigenvalue weighted by molar-refractivity contribution is 9.10. The van der Waals surface area contributed by atoms with Crippen molar-refractivity contribution in [3.63, 3.8) is 0 Å². The van der Waals surface area contributed by atoms with Crippen LogP contribution in [0.25, 0.3) is 6.08 Å². The standard InChI is InChI=1S/C21H21BrN2O2/c1-13-10-17(22)11-14(2)21(13)23-20(26)12-19-18-7-5-4-6-16(18)8-9-24(19)15(3)25/h4-11,19H,12H2,1-3H3,(H,23,26). The van der Waals surface area contributed by atoms with Crippen LogP contribution >= 0.6 is 15.9 Å². The van der Waals surface area contributed by atoms with Crippen molar-refractivity contribution in [2.45, 2.75) is 33.2 Å². The fourth-order valence-electron chi connectivity index (χ4n) is 3.39. The van der Waals surface area contributed by atoms with Gasteiger partial charge in [-0.1, -0.05) is 40.2 Å². The van der Waals surface area contributed by atoms with E-state index in [2.05, 4.69) is 21.2 Å². The number of rotatable bonds is 3. The van der Waals surface area contributed by atoms with E-state index in [1.165, 1.54) is 6.92 Å². The highest BCUT2D eigenvalue weighted by Gasteiger charge is 2.28. The van der Waals surface area contributed by atoms with Crippen LogP contribution in [0.2, 0.25) is 0 Å². The van der Waals surface area contributed by atoms with E-state index in [4.69, 9.17) is 0 Å². The molecular weight excluding hydrogens is 392 g/mol. The maximum Gasteiger partial charge on any atom is 0.226 e. The van der Waals surface area contributed by atoms with Crippen molar-refractivity contribution >= 4 is 39.5 Å². The van der Waals surface area contributed by atoms with Crippen LogP contribution in [0.15, 0.2) is 47.1 Å². The van der Waals surface area contributed by atoms with Gasteiger partial charge in [-0.05, 0) is 54.3 Å². The molecule has 0 spiro atoms. The molecule has 1 heterocycles. The van der Waals surface area contributed by atoms with Crippen molar-refractivity contribution in [1.29, 1.82) is 0 Å². The number of amides is 2. The Morgan fingerprint density at radius 2 is 1.81 bits per heavy atom. The maximum absolute atomic E-state index is 12.8. The van der Waals surface area contributed by atoms with Gasteiger partial charge in [0.05, 0.1) is 12.5 Å². The summed E-state index contributed by atoms with van der Waals surface area (Å²) in [5, 5.41) is 3.02. The van der Waals surface area contributed by atoms with Crippen LogP contribution in [-0.2, 0) is 9.59 Å². The minimum absolute atomic E-state index is 0.0791. The molecule has 0 radical (unpaired) electrons. The SMILES string of the molecule is CC(=O)N1C=Cc2ccccc2C1CC(=O)Nc1c(C)cc(Br)cc1C. The van der Waals surface area contributed by atoms with Crippen molar-refractivity contribution in [2.24, 2.45) is 0 Å². The van der Waals surface area contributed by atoms with Gasteiger partial charge in [-0.25, -0.2) is 0 Å². The largest absolute Gasteiger partial charge is 0.326 e. The molecular formula is C21H21BrN2O2. The van der Waals surface area contributed by atoms with E-state index in [1.807, 2.05) is 56.3 Å². The fourth-order valence-corrected chi connectivity index (χ4v) is 4.07. The minimum Gasteiger partial charge on any atom is -0.326 e. The third-order valence-electron chi connectivity index (χ3n) is 4.61. The van der Waals surface area contributed by atoms with Crippen molar-refractivity contribution < 1.29 is 9.59 Å². The molecule has 0 aromatic heterocycles. The quantitative estimate of drug-likeness (QED) is 0.773. The van der Waals surface area contributed by atoms with Gasteiger partial charge >= 0.3 is 0 Å². The lowest BCUT2D eigenvalue weighted by atomic mass is 9.93. The van der Waals surface area contributed by atoms with Gasteiger partial charge in [0.25, 0.3) is 0 Å². The number of carbonyl (C=O) groups is 2. The molecule has 4 nitrogen and oxygen atoms in total. The molecule has 1 aliphatic heterocycles. The second-order valence-electron chi connectivity index (χ2n) is 6.55. The Balaban J connectivity index is 1.85. The Hall–Kier alpha value is -2.40. The Morgan fingerprint density at radius 3 is 2.46 bits per heavy atom. The minimum atomic E-state index is -0.301. The second-order valence-corrected chi connectivity index (χ2v) is 7.47. The number of fused-ring (bicyclic) bond motifs is 1. The molecule has 26 heavy (non-hydrogen) atoms. The Morgan fingerprint density at radius 1 is 1.15 bits per heavy atom. The highest BCUT2D eigenvalue weighted by Crippen LogP contribution is 2.33. The van der Waals surface area contributed by atoms with Crippen LogP contribution in [0.1, 0.15) is 41.6 Å². The summed E-state index contributed by atoms with van der Waals surface area (Å²) < 4.78 is 0.986. The number of carbonyl (C=O) groups excluding carboxylic acids is 2. The normalized spacial score (nSPS) is 15.5. The number of halogens is 1. The predicted molar refractivity (Wildman–Crippen MR) is 108 cm³/mol. The Bertz CT molecular complexity index is 882. The average Bonchev–Trinajstić information content (AvgIpc) is 2.58. The van der Waals surface area contributed by atoms with Crippen LogP contribution in [0.4, 0.5) is 5.69 Å². The summed E-state index contributed by atoms with van der Waals surface area (Å²) in [5.41, 5.74) is 4.85. The molecule has 0 fully saturated rings. The molecule has 1 unspecified atom stereocenters. The number of benzene rings is 2.